The molecule has 2 atom stereocenters. The Morgan fingerprint density at radius 1 is 0.380 bits per heavy atom. The third-order valence-corrected chi connectivity index (χ3v) is 13.1. The van der Waals surface area contributed by atoms with Gasteiger partial charge < -0.3 is 14.2 Å². The molecule has 376 valence electrons. The average Bonchev–Trinajstić information content (AvgIpc) is 3.41. The molecule has 2 unspecified atom stereocenters. The molecule has 0 spiro atoms. The first kappa shape index (κ1) is 54.3. The van der Waals surface area contributed by atoms with Gasteiger partial charge in [0.2, 0.25) is 0 Å². The topological polar surface area (TPSA) is 113 Å². The monoisotopic (exact) mass is 959 g/mol. The molecule has 6 aromatic rings. The highest BCUT2D eigenvalue weighted by Crippen LogP contribution is 2.38. The van der Waals surface area contributed by atoms with Gasteiger partial charge in [0.1, 0.15) is 12.2 Å². The van der Waals surface area contributed by atoms with Gasteiger partial charge in [0.15, 0.2) is 11.6 Å². The third kappa shape index (κ3) is 17.6. The second kappa shape index (κ2) is 30.6. The van der Waals surface area contributed by atoms with Gasteiger partial charge in [-0.05, 0) is 96.2 Å². The van der Waals surface area contributed by atoms with Crippen LogP contribution in [0.2, 0.25) is 0 Å². The molecule has 6 rings (SSSR count). The van der Waals surface area contributed by atoms with Gasteiger partial charge in [-0.2, -0.15) is 0 Å². The molecule has 2 aromatic heterocycles. The molecule has 0 N–H and O–H groups in total. The number of carbonyl (C=O) groups is 2. The number of aryl methyl sites for hydroxylation is 2. The van der Waals surface area contributed by atoms with Crippen LogP contribution < -0.4 is 0 Å². The van der Waals surface area contributed by atoms with Crippen LogP contribution in [0.5, 0.6) is 0 Å². The summed E-state index contributed by atoms with van der Waals surface area (Å²) in [5.41, 5.74) is 8.61. The number of hydrogen-bond acceptors (Lipinski definition) is 9. The maximum atomic E-state index is 13.2. The van der Waals surface area contributed by atoms with Gasteiger partial charge >= 0.3 is 11.9 Å². The molecular formula is C62H78N4O5. The quantitative estimate of drug-likeness (QED) is 0.0301. The van der Waals surface area contributed by atoms with Crippen molar-refractivity contribution < 1.29 is 23.8 Å². The second-order valence-electron chi connectivity index (χ2n) is 18.9. The summed E-state index contributed by atoms with van der Waals surface area (Å²) in [7, 11) is 0. The Morgan fingerprint density at radius 3 is 1.01 bits per heavy atom. The van der Waals surface area contributed by atoms with E-state index in [1.807, 2.05) is 97.6 Å². The van der Waals surface area contributed by atoms with Gasteiger partial charge in [-0.15, -0.1) is 0 Å². The van der Waals surface area contributed by atoms with Crippen LogP contribution in [0.25, 0.3) is 22.8 Å². The first-order valence-corrected chi connectivity index (χ1v) is 26.9. The van der Waals surface area contributed by atoms with Gasteiger partial charge in [-0.1, -0.05) is 190 Å². The van der Waals surface area contributed by atoms with Crippen molar-refractivity contribution in [3.8, 4) is 22.8 Å². The van der Waals surface area contributed by atoms with E-state index in [0.717, 1.165) is 109 Å². The van der Waals surface area contributed by atoms with Crippen molar-refractivity contribution in [2.24, 2.45) is 0 Å². The van der Waals surface area contributed by atoms with Crippen molar-refractivity contribution in [1.82, 2.24) is 19.9 Å². The maximum Gasteiger partial charge on any atom is 0.338 e. The fourth-order valence-electron chi connectivity index (χ4n) is 8.72. The van der Waals surface area contributed by atoms with E-state index in [2.05, 4.69) is 52.0 Å². The van der Waals surface area contributed by atoms with Crippen molar-refractivity contribution in [2.45, 2.75) is 168 Å². The van der Waals surface area contributed by atoms with Crippen molar-refractivity contribution >= 4 is 11.9 Å². The summed E-state index contributed by atoms with van der Waals surface area (Å²) in [6.45, 7) is 9.65. The molecule has 0 fully saturated rings. The molecule has 0 radical (unpaired) electrons. The summed E-state index contributed by atoms with van der Waals surface area (Å²) >= 11 is 0. The van der Waals surface area contributed by atoms with Crippen LogP contribution in [-0.4, -0.2) is 45.1 Å². The van der Waals surface area contributed by atoms with Gasteiger partial charge in [0, 0.05) is 35.9 Å². The first-order valence-electron chi connectivity index (χ1n) is 26.9. The lowest BCUT2D eigenvalue weighted by molar-refractivity contribution is 0.0307. The van der Waals surface area contributed by atoms with E-state index in [-0.39, 0.29) is 11.9 Å². The molecule has 2 heterocycles. The normalized spacial score (nSPS) is 12.1. The lowest BCUT2D eigenvalue weighted by Gasteiger charge is -2.27. The highest BCUT2D eigenvalue weighted by atomic mass is 16.5. The SMILES string of the molecule is CCCCCCCCOC(=O)c1ccc(C(OC(c2ccc(C(=O)OCCCCCCCC)cc2)c2ccc(-c3ncc(CCCCC)cn3)cc2)c2ccc(-c3ncc(CCCCC)cn3)cc2)cc1. The molecule has 0 aliphatic carbocycles. The molecule has 0 aliphatic rings. The third-order valence-electron chi connectivity index (χ3n) is 13.1. The van der Waals surface area contributed by atoms with Crippen LogP contribution in [0, 0.1) is 0 Å². The van der Waals surface area contributed by atoms with Crippen molar-refractivity contribution in [3.05, 3.63) is 166 Å². The minimum absolute atomic E-state index is 0.331. The number of unbranched alkanes of at least 4 members (excludes halogenated alkanes) is 14. The van der Waals surface area contributed by atoms with E-state index in [1.165, 1.54) is 64.2 Å². The van der Waals surface area contributed by atoms with Crippen LogP contribution in [0.4, 0.5) is 0 Å². The second-order valence-corrected chi connectivity index (χ2v) is 18.9. The van der Waals surface area contributed by atoms with Gasteiger partial charge in [-0.3, -0.25) is 0 Å². The Labute approximate surface area is 424 Å². The number of nitrogens with zero attached hydrogens (tertiary/aromatic N) is 4. The Bertz CT molecular complexity index is 2250. The minimum atomic E-state index is -0.575. The van der Waals surface area contributed by atoms with E-state index in [4.69, 9.17) is 34.1 Å². The predicted octanol–water partition coefficient (Wildman–Crippen LogP) is 16.0. The Morgan fingerprint density at radius 2 is 0.676 bits per heavy atom. The Kier molecular flexibility index (Phi) is 23.4. The van der Waals surface area contributed by atoms with Crippen LogP contribution in [-0.2, 0) is 27.1 Å². The van der Waals surface area contributed by atoms with E-state index in [0.29, 0.717) is 36.0 Å². The number of esters is 2. The predicted molar refractivity (Wildman–Crippen MR) is 286 cm³/mol. The van der Waals surface area contributed by atoms with E-state index >= 15 is 0 Å². The zero-order valence-electron chi connectivity index (χ0n) is 43.1. The number of hydrogen-bond donors (Lipinski definition) is 0. The standard InChI is InChI=1S/C62H78N4O5/c1-5-9-13-15-17-21-41-69-61(67)55-37-29-51(30-38-55)57(49-25-33-53(34-26-49)59-63-43-47(44-64-59)23-19-11-7-3)71-58(52-31-39-56(40-32-52)62(68)70-42-22-18-16-14-10-6-2)50-27-35-54(36-28-50)60-65-45-48(46-66-60)24-20-12-8-4/h25-40,43-46,57-58H,5-24,41-42H2,1-4H3. The summed E-state index contributed by atoms with van der Waals surface area (Å²) in [6, 6.07) is 31.5. The summed E-state index contributed by atoms with van der Waals surface area (Å²) in [5, 5.41) is 0. The number of aromatic nitrogens is 4. The lowest BCUT2D eigenvalue weighted by Crippen LogP contribution is -2.14. The number of ether oxygens (including phenoxy) is 3. The van der Waals surface area contributed by atoms with Gasteiger partial charge in [-0.25, -0.2) is 29.5 Å². The molecule has 0 amide bonds. The van der Waals surface area contributed by atoms with Crippen molar-refractivity contribution in [1.29, 1.82) is 0 Å². The van der Waals surface area contributed by atoms with Crippen LogP contribution in [0.1, 0.15) is 210 Å². The largest absolute Gasteiger partial charge is 0.462 e. The number of benzene rings is 4. The van der Waals surface area contributed by atoms with Crippen LogP contribution >= 0.6 is 0 Å². The molecule has 71 heavy (non-hydrogen) atoms. The molecule has 9 nitrogen and oxygen atoms in total. The van der Waals surface area contributed by atoms with E-state index in [9.17, 15) is 9.59 Å². The van der Waals surface area contributed by atoms with Gasteiger partial charge in [0.25, 0.3) is 0 Å². The summed E-state index contributed by atoms with van der Waals surface area (Å²) < 4.78 is 18.8. The van der Waals surface area contributed by atoms with Gasteiger partial charge in [0.05, 0.1) is 24.3 Å². The smallest absolute Gasteiger partial charge is 0.338 e. The zero-order valence-corrected chi connectivity index (χ0v) is 43.1. The van der Waals surface area contributed by atoms with Crippen LogP contribution in [0.15, 0.2) is 122 Å². The highest BCUT2D eigenvalue weighted by molar-refractivity contribution is 5.90. The summed E-state index contributed by atoms with van der Waals surface area (Å²) in [5.74, 6) is 0.662. The lowest BCUT2D eigenvalue weighted by atomic mass is 9.95. The van der Waals surface area contributed by atoms with E-state index in [1.54, 1.807) is 0 Å². The molecule has 0 saturated heterocycles. The maximum absolute atomic E-state index is 13.2. The molecule has 0 bridgehead atoms. The first-order chi connectivity index (χ1) is 34.9. The van der Waals surface area contributed by atoms with Crippen molar-refractivity contribution in [2.75, 3.05) is 13.2 Å². The zero-order chi connectivity index (χ0) is 49.9. The fraction of sp³-hybridized carbons (Fsp3) is 0.452. The number of carbonyl (C=O) groups excluding carboxylic acids is 2. The molecule has 4 aromatic carbocycles. The molecule has 9 heteroatoms. The minimum Gasteiger partial charge on any atom is -0.462 e. The Hall–Kier alpha value is -6.06. The molecule has 0 saturated carbocycles. The highest BCUT2D eigenvalue weighted by Gasteiger charge is 2.25. The molecule has 0 aliphatic heterocycles. The van der Waals surface area contributed by atoms with Crippen LogP contribution in [0.3, 0.4) is 0 Å². The Balaban J connectivity index is 1.29. The number of rotatable bonds is 32. The van der Waals surface area contributed by atoms with E-state index < -0.39 is 12.2 Å². The molecular weight excluding hydrogens is 881 g/mol. The average molecular weight is 959 g/mol. The summed E-state index contributed by atoms with van der Waals surface area (Å²) in [6.07, 6.45) is 28.9. The summed E-state index contributed by atoms with van der Waals surface area (Å²) in [4.78, 5) is 45.4. The van der Waals surface area contributed by atoms with Crippen molar-refractivity contribution in [3.63, 3.8) is 0 Å². The fourth-order valence-corrected chi connectivity index (χ4v) is 8.72.